The number of nitrogens with two attached hydrogens (primary N) is 1. The van der Waals surface area contributed by atoms with Crippen molar-refractivity contribution in [2.24, 2.45) is 11.7 Å². The summed E-state index contributed by atoms with van der Waals surface area (Å²) in [5.74, 6) is 0.497. The van der Waals surface area contributed by atoms with Gasteiger partial charge in [-0.05, 0) is 18.1 Å². The minimum absolute atomic E-state index is 0. The van der Waals surface area contributed by atoms with Gasteiger partial charge in [-0.2, -0.15) is 5.10 Å². The van der Waals surface area contributed by atoms with Crippen LogP contribution in [0.25, 0.3) is 5.82 Å². The lowest BCUT2D eigenvalue weighted by Crippen LogP contribution is -2.39. The molecule has 2 rings (SSSR count). The number of carbonyl (C=O) groups excluding carboxylic acids is 1. The molecule has 1 unspecified atom stereocenters. The van der Waals surface area contributed by atoms with Gasteiger partial charge >= 0.3 is 0 Å². The third-order valence-electron chi connectivity index (χ3n) is 2.69. The first-order valence-corrected chi connectivity index (χ1v) is 5.95. The molecule has 21 heavy (non-hydrogen) atoms. The molecule has 0 spiro atoms. The van der Waals surface area contributed by atoms with E-state index in [1.54, 1.807) is 24.7 Å². The molecule has 0 aliphatic carbocycles. The third-order valence-corrected chi connectivity index (χ3v) is 2.69. The van der Waals surface area contributed by atoms with E-state index in [0.717, 1.165) is 0 Å². The summed E-state index contributed by atoms with van der Waals surface area (Å²) >= 11 is 0. The van der Waals surface area contributed by atoms with Gasteiger partial charge in [0.2, 0.25) is 5.91 Å². The van der Waals surface area contributed by atoms with E-state index in [1.807, 2.05) is 13.8 Å². The van der Waals surface area contributed by atoms with E-state index in [9.17, 15) is 4.79 Å². The highest BCUT2D eigenvalue weighted by atomic mass is 35.5. The zero-order valence-corrected chi connectivity index (χ0v) is 13.3. The van der Waals surface area contributed by atoms with E-state index in [-0.39, 0.29) is 36.6 Å². The summed E-state index contributed by atoms with van der Waals surface area (Å²) in [6.45, 7) is 3.80. The molecule has 3 N–H and O–H groups in total. The molecule has 0 aliphatic rings. The number of hydrogen-bond donors (Lipinski definition) is 2. The van der Waals surface area contributed by atoms with Crippen molar-refractivity contribution in [1.82, 2.24) is 19.7 Å². The molecule has 1 atom stereocenters. The van der Waals surface area contributed by atoms with Crippen molar-refractivity contribution in [3.05, 3.63) is 31.0 Å². The lowest BCUT2D eigenvalue weighted by Gasteiger charge is -2.15. The van der Waals surface area contributed by atoms with E-state index in [2.05, 4.69) is 20.4 Å². The molecule has 0 saturated heterocycles. The van der Waals surface area contributed by atoms with Gasteiger partial charge in [0.15, 0.2) is 5.82 Å². The molecule has 0 saturated carbocycles. The standard InChI is InChI=1S/C12H16N6O.2ClH/c1-8(2)11(13)12(19)17-9-3-4-10(15-5-9)18-7-14-6-16-18;;/h3-8,11H,13H2,1-2H3,(H,17,19);2*1H. The second kappa shape index (κ2) is 8.56. The molecule has 2 aromatic heterocycles. The van der Waals surface area contributed by atoms with Crippen LogP contribution in [0.1, 0.15) is 13.8 Å². The Morgan fingerprint density at radius 2 is 2.05 bits per heavy atom. The average molecular weight is 333 g/mol. The fraction of sp³-hybridized carbons (Fsp3) is 0.333. The van der Waals surface area contributed by atoms with E-state index in [0.29, 0.717) is 11.5 Å². The van der Waals surface area contributed by atoms with Crippen LogP contribution < -0.4 is 11.1 Å². The SMILES string of the molecule is CC(C)C(N)C(=O)Nc1ccc(-n2cncn2)nc1.Cl.Cl. The van der Waals surface area contributed by atoms with Crippen LogP contribution in [0.2, 0.25) is 0 Å². The normalized spacial score (nSPS) is 11.2. The van der Waals surface area contributed by atoms with Crippen molar-refractivity contribution in [3.8, 4) is 5.82 Å². The second-order valence-corrected chi connectivity index (χ2v) is 4.50. The summed E-state index contributed by atoms with van der Waals surface area (Å²) in [5, 5.41) is 6.69. The van der Waals surface area contributed by atoms with Gasteiger partial charge < -0.3 is 11.1 Å². The number of pyridine rings is 1. The maximum Gasteiger partial charge on any atom is 0.241 e. The van der Waals surface area contributed by atoms with Gasteiger partial charge in [0.1, 0.15) is 12.7 Å². The minimum atomic E-state index is -0.532. The first-order valence-electron chi connectivity index (χ1n) is 5.95. The molecule has 0 aliphatic heterocycles. The van der Waals surface area contributed by atoms with Crippen molar-refractivity contribution < 1.29 is 4.79 Å². The Bertz CT molecular complexity index is 543. The Morgan fingerprint density at radius 3 is 2.52 bits per heavy atom. The van der Waals surface area contributed by atoms with Gasteiger partial charge in [-0.1, -0.05) is 13.8 Å². The van der Waals surface area contributed by atoms with Crippen molar-refractivity contribution >= 4 is 36.4 Å². The maximum atomic E-state index is 11.8. The van der Waals surface area contributed by atoms with Gasteiger partial charge in [-0.3, -0.25) is 4.79 Å². The summed E-state index contributed by atoms with van der Waals surface area (Å²) in [7, 11) is 0. The zero-order chi connectivity index (χ0) is 13.8. The lowest BCUT2D eigenvalue weighted by atomic mass is 10.1. The van der Waals surface area contributed by atoms with Crippen LogP contribution in [0.15, 0.2) is 31.0 Å². The van der Waals surface area contributed by atoms with Crippen LogP contribution in [0, 0.1) is 5.92 Å². The Hall–Kier alpha value is -1.70. The fourth-order valence-electron chi connectivity index (χ4n) is 1.45. The minimum Gasteiger partial charge on any atom is -0.323 e. The van der Waals surface area contributed by atoms with Crippen LogP contribution >= 0.6 is 24.8 Å². The van der Waals surface area contributed by atoms with Crippen molar-refractivity contribution in [2.75, 3.05) is 5.32 Å². The van der Waals surface area contributed by atoms with Crippen LogP contribution in [0.5, 0.6) is 0 Å². The summed E-state index contributed by atoms with van der Waals surface area (Å²) in [6.07, 6.45) is 4.54. The molecule has 116 valence electrons. The Labute approximate surface area is 135 Å². The van der Waals surface area contributed by atoms with Gasteiger partial charge in [0.25, 0.3) is 0 Å². The van der Waals surface area contributed by atoms with Crippen molar-refractivity contribution in [3.63, 3.8) is 0 Å². The molecule has 2 aromatic rings. The van der Waals surface area contributed by atoms with E-state index in [4.69, 9.17) is 5.73 Å². The van der Waals surface area contributed by atoms with Gasteiger partial charge in [0.05, 0.1) is 17.9 Å². The molecule has 0 aromatic carbocycles. The molecule has 0 fully saturated rings. The molecule has 0 radical (unpaired) electrons. The highest BCUT2D eigenvalue weighted by Gasteiger charge is 2.17. The number of nitrogens with zero attached hydrogens (tertiary/aromatic N) is 4. The third kappa shape index (κ3) is 4.96. The average Bonchev–Trinajstić information content (AvgIpc) is 2.92. The van der Waals surface area contributed by atoms with Crippen LogP contribution in [0.3, 0.4) is 0 Å². The highest BCUT2D eigenvalue weighted by Crippen LogP contribution is 2.10. The fourth-order valence-corrected chi connectivity index (χ4v) is 1.45. The summed E-state index contributed by atoms with van der Waals surface area (Å²) in [6, 6.07) is 2.95. The number of halogens is 2. The van der Waals surface area contributed by atoms with Gasteiger partial charge in [-0.25, -0.2) is 14.6 Å². The molecular formula is C12H18Cl2N6O. The quantitative estimate of drug-likeness (QED) is 0.882. The molecule has 2 heterocycles. The predicted octanol–water partition coefficient (Wildman–Crippen LogP) is 1.43. The van der Waals surface area contributed by atoms with E-state index >= 15 is 0 Å². The van der Waals surface area contributed by atoms with Crippen LogP contribution in [0.4, 0.5) is 5.69 Å². The Balaban J connectivity index is 0.00000200. The van der Waals surface area contributed by atoms with Gasteiger partial charge in [0, 0.05) is 0 Å². The monoisotopic (exact) mass is 332 g/mol. The van der Waals surface area contributed by atoms with Crippen molar-refractivity contribution in [2.45, 2.75) is 19.9 Å². The summed E-state index contributed by atoms with van der Waals surface area (Å²) in [4.78, 5) is 19.8. The summed E-state index contributed by atoms with van der Waals surface area (Å²) < 4.78 is 1.53. The smallest absolute Gasteiger partial charge is 0.241 e. The zero-order valence-electron chi connectivity index (χ0n) is 11.6. The molecule has 7 nitrogen and oxygen atoms in total. The Morgan fingerprint density at radius 1 is 1.33 bits per heavy atom. The second-order valence-electron chi connectivity index (χ2n) is 4.50. The number of aromatic nitrogens is 4. The lowest BCUT2D eigenvalue weighted by molar-refractivity contribution is -0.118. The van der Waals surface area contributed by atoms with Crippen LogP contribution in [-0.2, 0) is 4.79 Å². The number of carbonyl (C=O) groups is 1. The number of anilines is 1. The number of nitrogens with one attached hydrogen (secondary N) is 1. The van der Waals surface area contributed by atoms with E-state index in [1.165, 1.54) is 11.0 Å². The number of hydrogen-bond acceptors (Lipinski definition) is 5. The first kappa shape index (κ1) is 19.3. The predicted molar refractivity (Wildman–Crippen MR) is 85.1 cm³/mol. The largest absolute Gasteiger partial charge is 0.323 e. The maximum absolute atomic E-state index is 11.8. The molecule has 1 amide bonds. The van der Waals surface area contributed by atoms with Crippen LogP contribution in [-0.4, -0.2) is 31.7 Å². The first-order chi connectivity index (χ1) is 9.08. The summed E-state index contributed by atoms with van der Waals surface area (Å²) in [5.41, 5.74) is 6.36. The number of rotatable bonds is 4. The van der Waals surface area contributed by atoms with Crippen molar-refractivity contribution in [1.29, 1.82) is 0 Å². The van der Waals surface area contributed by atoms with Gasteiger partial charge in [-0.15, -0.1) is 24.8 Å². The molecular weight excluding hydrogens is 315 g/mol. The Kier molecular flexibility index (Phi) is 7.86. The van der Waals surface area contributed by atoms with E-state index < -0.39 is 6.04 Å². The topological polar surface area (TPSA) is 98.7 Å². The highest BCUT2D eigenvalue weighted by molar-refractivity contribution is 5.94. The molecule has 0 bridgehead atoms. The molecule has 9 heteroatoms. The number of amides is 1.